The van der Waals surface area contributed by atoms with E-state index in [2.05, 4.69) is 24.2 Å². The normalized spacial score (nSPS) is 14.7. The van der Waals surface area contributed by atoms with E-state index in [1.165, 1.54) is 62.5 Å². The molecule has 0 bridgehead atoms. The molecule has 0 spiro atoms. The Morgan fingerprint density at radius 3 is 1.93 bits per heavy atom. The van der Waals surface area contributed by atoms with Gasteiger partial charge in [0.1, 0.15) is 18.3 Å². The molecule has 0 unspecified atom stereocenters. The molecular formula is C24H46FN3O2. The molecule has 0 saturated heterocycles. The zero-order valence-electron chi connectivity index (χ0n) is 19.4. The van der Waals surface area contributed by atoms with Crippen molar-refractivity contribution in [2.45, 2.75) is 135 Å². The molecule has 176 valence electrons. The Labute approximate surface area is 183 Å². The van der Waals surface area contributed by atoms with Gasteiger partial charge in [-0.1, -0.05) is 103 Å². The van der Waals surface area contributed by atoms with E-state index in [1.54, 1.807) is 6.20 Å². The maximum atomic E-state index is 14.5. The van der Waals surface area contributed by atoms with E-state index in [0.29, 0.717) is 6.42 Å². The first-order valence-electron chi connectivity index (χ1n) is 12.5. The number of halogens is 1. The maximum Gasteiger partial charge on any atom is 0.128 e. The third-order valence-electron chi connectivity index (χ3n) is 5.97. The highest BCUT2D eigenvalue weighted by molar-refractivity contribution is 4.95. The Hall–Kier alpha value is -1.01. The van der Waals surface area contributed by atoms with Crippen LogP contribution in [0.2, 0.25) is 0 Å². The first-order valence-corrected chi connectivity index (χ1v) is 12.5. The molecule has 0 aliphatic rings. The molecule has 5 nitrogen and oxygen atoms in total. The quantitative estimate of drug-likeness (QED) is 0.252. The molecule has 1 heterocycles. The minimum atomic E-state index is -1.35. The van der Waals surface area contributed by atoms with Crippen LogP contribution in [0.3, 0.4) is 0 Å². The number of aryl methyl sites for hydroxylation is 1. The van der Waals surface area contributed by atoms with Gasteiger partial charge in [0.2, 0.25) is 0 Å². The summed E-state index contributed by atoms with van der Waals surface area (Å²) < 4.78 is 15.9. The van der Waals surface area contributed by atoms with E-state index in [1.807, 2.05) is 0 Å². The predicted molar refractivity (Wildman–Crippen MR) is 121 cm³/mol. The number of rotatable bonds is 20. The van der Waals surface area contributed by atoms with E-state index in [0.717, 1.165) is 44.2 Å². The molecule has 0 aliphatic heterocycles. The molecule has 3 atom stereocenters. The number of aliphatic hydroxyl groups excluding tert-OH is 2. The van der Waals surface area contributed by atoms with Crippen molar-refractivity contribution in [1.29, 1.82) is 0 Å². The lowest BCUT2D eigenvalue weighted by Crippen LogP contribution is -2.35. The number of nitrogens with zero attached hydrogens (tertiary/aromatic N) is 3. The van der Waals surface area contributed by atoms with Crippen LogP contribution >= 0.6 is 0 Å². The molecule has 1 aromatic heterocycles. The van der Waals surface area contributed by atoms with Crippen molar-refractivity contribution in [3.8, 4) is 0 Å². The third-order valence-corrected chi connectivity index (χ3v) is 5.97. The molecule has 0 saturated carbocycles. The minimum absolute atomic E-state index is 0.326. The fraction of sp³-hybridized carbons (Fsp3) is 0.917. The molecule has 0 amide bonds. The van der Waals surface area contributed by atoms with Crippen molar-refractivity contribution in [2.75, 3.05) is 6.61 Å². The van der Waals surface area contributed by atoms with Gasteiger partial charge in [0, 0.05) is 6.20 Å². The summed E-state index contributed by atoms with van der Waals surface area (Å²) in [4.78, 5) is 0. The number of hydrogen-bond acceptors (Lipinski definition) is 4. The summed E-state index contributed by atoms with van der Waals surface area (Å²) in [5.74, 6) is 0. The molecule has 30 heavy (non-hydrogen) atoms. The van der Waals surface area contributed by atoms with E-state index in [4.69, 9.17) is 0 Å². The van der Waals surface area contributed by atoms with Crippen molar-refractivity contribution < 1.29 is 14.6 Å². The molecule has 0 fully saturated rings. The molecule has 0 aromatic carbocycles. The van der Waals surface area contributed by atoms with Crippen LogP contribution < -0.4 is 0 Å². The zero-order valence-corrected chi connectivity index (χ0v) is 19.4. The number of alkyl halides is 1. The van der Waals surface area contributed by atoms with Crippen LogP contribution in [0, 0.1) is 0 Å². The first-order chi connectivity index (χ1) is 14.6. The van der Waals surface area contributed by atoms with Crippen LogP contribution in [0.1, 0.15) is 122 Å². The zero-order chi connectivity index (χ0) is 22.0. The highest BCUT2D eigenvalue weighted by Gasteiger charge is 2.29. The van der Waals surface area contributed by atoms with Crippen LogP contribution in [0.15, 0.2) is 6.20 Å². The standard InChI is InChI=1S/C24H46FN3O2/c1-3-5-7-8-9-10-11-12-13-14-15-16-18-22(25)24(30)23(20-29)28-19-21(26-27-28)17-6-4-2/h19,22-24,29-30H,3-18,20H2,1-2H3/t22-,23-,24+/m1/s1. The van der Waals surface area contributed by atoms with Crippen molar-refractivity contribution in [2.24, 2.45) is 0 Å². The second-order valence-corrected chi connectivity index (χ2v) is 8.73. The summed E-state index contributed by atoms with van der Waals surface area (Å²) in [6, 6.07) is -0.778. The van der Waals surface area contributed by atoms with E-state index >= 15 is 0 Å². The minimum Gasteiger partial charge on any atom is -0.394 e. The van der Waals surface area contributed by atoms with Gasteiger partial charge in [0.05, 0.1) is 12.3 Å². The van der Waals surface area contributed by atoms with Gasteiger partial charge in [-0.25, -0.2) is 9.07 Å². The second kappa shape index (κ2) is 17.6. The lowest BCUT2D eigenvalue weighted by atomic mass is 10.0. The summed E-state index contributed by atoms with van der Waals surface area (Å²) in [6.45, 7) is 4.00. The van der Waals surface area contributed by atoms with Crippen LogP contribution in [0.5, 0.6) is 0 Å². The summed E-state index contributed by atoms with van der Waals surface area (Å²) in [7, 11) is 0. The molecule has 1 aromatic rings. The Balaban J connectivity index is 2.15. The summed E-state index contributed by atoms with van der Waals surface area (Å²) in [5.41, 5.74) is 0.818. The molecule has 6 heteroatoms. The van der Waals surface area contributed by atoms with Crippen LogP contribution in [-0.4, -0.2) is 44.1 Å². The second-order valence-electron chi connectivity index (χ2n) is 8.73. The van der Waals surface area contributed by atoms with Gasteiger partial charge in [0.25, 0.3) is 0 Å². The average Bonchev–Trinajstić information content (AvgIpc) is 3.21. The van der Waals surface area contributed by atoms with Gasteiger partial charge < -0.3 is 10.2 Å². The molecular weight excluding hydrogens is 381 g/mol. The SMILES string of the molecule is CCCCCCCCCCCCCC[C@@H](F)[C@H](O)[C@@H](CO)n1cc(CCCC)nn1. The fourth-order valence-corrected chi connectivity index (χ4v) is 3.89. The molecule has 0 radical (unpaired) electrons. The van der Waals surface area contributed by atoms with E-state index < -0.39 is 18.3 Å². The number of unbranched alkanes of at least 4 members (excludes halogenated alkanes) is 12. The maximum absolute atomic E-state index is 14.5. The topological polar surface area (TPSA) is 71.2 Å². The fourth-order valence-electron chi connectivity index (χ4n) is 3.89. The Morgan fingerprint density at radius 1 is 0.867 bits per heavy atom. The van der Waals surface area contributed by atoms with E-state index in [-0.39, 0.29) is 6.61 Å². The van der Waals surface area contributed by atoms with Gasteiger partial charge in [-0.2, -0.15) is 0 Å². The van der Waals surface area contributed by atoms with Crippen molar-refractivity contribution in [1.82, 2.24) is 15.0 Å². The van der Waals surface area contributed by atoms with Gasteiger partial charge in [-0.3, -0.25) is 0 Å². The van der Waals surface area contributed by atoms with E-state index in [9.17, 15) is 14.6 Å². The first kappa shape index (κ1) is 27.0. The number of aromatic nitrogens is 3. The van der Waals surface area contributed by atoms with Crippen LogP contribution in [0.25, 0.3) is 0 Å². The lowest BCUT2D eigenvalue weighted by molar-refractivity contribution is 0.00308. The Morgan fingerprint density at radius 2 is 1.40 bits per heavy atom. The number of hydrogen-bond donors (Lipinski definition) is 2. The highest BCUT2D eigenvalue weighted by atomic mass is 19.1. The molecule has 0 aliphatic carbocycles. The summed E-state index contributed by atoms with van der Waals surface area (Å²) in [5, 5.41) is 28.1. The molecule has 1 rings (SSSR count). The Kier molecular flexibility index (Phi) is 15.9. The largest absolute Gasteiger partial charge is 0.394 e. The van der Waals surface area contributed by atoms with Crippen LogP contribution in [0.4, 0.5) is 4.39 Å². The summed E-state index contributed by atoms with van der Waals surface area (Å²) >= 11 is 0. The average molecular weight is 428 g/mol. The van der Waals surface area contributed by atoms with Gasteiger partial charge in [0.15, 0.2) is 0 Å². The highest BCUT2D eigenvalue weighted by Crippen LogP contribution is 2.21. The third kappa shape index (κ3) is 11.4. The van der Waals surface area contributed by atoms with Crippen molar-refractivity contribution in [3.05, 3.63) is 11.9 Å². The predicted octanol–water partition coefficient (Wildman–Crippen LogP) is 5.94. The monoisotopic (exact) mass is 427 g/mol. The Bertz CT molecular complexity index is 512. The smallest absolute Gasteiger partial charge is 0.128 e. The van der Waals surface area contributed by atoms with Crippen LogP contribution in [-0.2, 0) is 6.42 Å². The molecule has 2 N–H and O–H groups in total. The van der Waals surface area contributed by atoms with Gasteiger partial charge >= 0.3 is 0 Å². The van der Waals surface area contributed by atoms with Crippen molar-refractivity contribution >= 4 is 0 Å². The summed E-state index contributed by atoms with van der Waals surface area (Å²) in [6.07, 6.45) is 17.1. The van der Waals surface area contributed by atoms with Gasteiger partial charge in [-0.05, 0) is 19.3 Å². The lowest BCUT2D eigenvalue weighted by Gasteiger charge is -2.23. The number of aliphatic hydroxyl groups is 2. The van der Waals surface area contributed by atoms with Crippen molar-refractivity contribution in [3.63, 3.8) is 0 Å². The van der Waals surface area contributed by atoms with Gasteiger partial charge in [-0.15, -0.1) is 5.10 Å².